The molecule has 2 N–H and O–H groups in total. The van der Waals surface area contributed by atoms with Gasteiger partial charge in [-0.05, 0) is 55.9 Å². The van der Waals surface area contributed by atoms with E-state index in [1.807, 2.05) is 13.8 Å². The van der Waals surface area contributed by atoms with Gasteiger partial charge in [0.2, 0.25) is 15.9 Å². The Balaban J connectivity index is 1.46. The van der Waals surface area contributed by atoms with E-state index in [1.165, 1.54) is 24.3 Å². The normalized spacial score (nSPS) is 18.2. The average Bonchev–Trinajstić information content (AvgIpc) is 3.60. The van der Waals surface area contributed by atoms with Crippen molar-refractivity contribution >= 4 is 15.9 Å². The standard InChI is InChI=1S/C19H24N4O4S/c1-11(2)16(19-21-17(22-27-19)12-3-4-12)20-18(24)13-5-9-15(10-6-13)28(25,26)23-14-7-8-14/h5-6,9-12,14,16,23H,3-4,7-8H2,1-2H3,(H,20,24). The summed E-state index contributed by atoms with van der Waals surface area (Å²) in [4.78, 5) is 17.3. The van der Waals surface area contributed by atoms with Gasteiger partial charge in [0.25, 0.3) is 5.91 Å². The number of amides is 1. The summed E-state index contributed by atoms with van der Waals surface area (Å²) in [6, 6.07) is 5.54. The van der Waals surface area contributed by atoms with E-state index in [0.29, 0.717) is 23.2 Å². The van der Waals surface area contributed by atoms with E-state index in [2.05, 4.69) is 20.2 Å². The molecule has 0 bridgehead atoms. The summed E-state index contributed by atoms with van der Waals surface area (Å²) in [6.07, 6.45) is 3.88. The van der Waals surface area contributed by atoms with Crippen molar-refractivity contribution in [2.24, 2.45) is 5.92 Å². The van der Waals surface area contributed by atoms with Gasteiger partial charge in [-0.1, -0.05) is 19.0 Å². The summed E-state index contributed by atoms with van der Waals surface area (Å²) in [5.41, 5.74) is 0.373. The Kier molecular flexibility index (Phi) is 4.96. The predicted octanol–water partition coefficient (Wildman–Crippen LogP) is 2.51. The topological polar surface area (TPSA) is 114 Å². The molecule has 4 rings (SSSR count). The number of nitrogens with zero attached hydrogens (tertiary/aromatic N) is 2. The molecule has 1 atom stereocenters. The molecule has 150 valence electrons. The highest BCUT2D eigenvalue weighted by Gasteiger charge is 2.32. The number of hydrogen-bond acceptors (Lipinski definition) is 6. The minimum atomic E-state index is -3.53. The maximum atomic E-state index is 12.7. The number of benzene rings is 1. The second-order valence-corrected chi connectivity index (χ2v) is 9.59. The second-order valence-electron chi connectivity index (χ2n) is 7.88. The third-order valence-electron chi connectivity index (χ3n) is 4.95. The molecule has 2 fully saturated rings. The van der Waals surface area contributed by atoms with E-state index < -0.39 is 16.1 Å². The number of carbonyl (C=O) groups is 1. The summed E-state index contributed by atoms with van der Waals surface area (Å²) >= 11 is 0. The number of carbonyl (C=O) groups excluding carboxylic acids is 1. The van der Waals surface area contributed by atoms with Crippen LogP contribution in [0.15, 0.2) is 33.7 Å². The van der Waals surface area contributed by atoms with E-state index in [1.54, 1.807) is 0 Å². The lowest BCUT2D eigenvalue weighted by atomic mass is 10.0. The molecule has 0 spiro atoms. The maximum Gasteiger partial charge on any atom is 0.251 e. The first kappa shape index (κ1) is 19.1. The van der Waals surface area contributed by atoms with Crippen molar-refractivity contribution in [2.75, 3.05) is 0 Å². The van der Waals surface area contributed by atoms with Gasteiger partial charge in [-0.25, -0.2) is 13.1 Å². The van der Waals surface area contributed by atoms with Crippen molar-refractivity contribution in [1.29, 1.82) is 0 Å². The molecular weight excluding hydrogens is 380 g/mol. The van der Waals surface area contributed by atoms with Gasteiger partial charge in [0.1, 0.15) is 6.04 Å². The lowest BCUT2D eigenvalue weighted by Crippen LogP contribution is -2.32. The number of hydrogen-bond donors (Lipinski definition) is 2. The van der Waals surface area contributed by atoms with Gasteiger partial charge in [-0.2, -0.15) is 4.98 Å². The third-order valence-corrected chi connectivity index (χ3v) is 6.48. The molecule has 2 aliphatic carbocycles. The molecule has 2 aliphatic rings. The van der Waals surface area contributed by atoms with Crippen molar-refractivity contribution in [1.82, 2.24) is 20.2 Å². The van der Waals surface area contributed by atoms with E-state index in [4.69, 9.17) is 4.52 Å². The molecule has 2 saturated carbocycles. The predicted molar refractivity (Wildman–Crippen MR) is 101 cm³/mol. The van der Waals surface area contributed by atoms with Gasteiger partial charge in [0, 0.05) is 17.5 Å². The van der Waals surface area contributed by atoms with Crippen LogP contribution in [0, 0.1) is 5.92 Å². The monoisotopic (exact) mass is 404 g/mol. The van der Waals surface area contributed by atoms with Crippen molar-refractivity contribution in [3.8, 4) is 0 Å². The van der Waals surface area contributed by atoms with E-state index in [-0.39, 0.29) is 22.8 Å². The largest absolute Gasteiger partial charge is 0.340 e. The molecular formula is C19H24N4O4S. The summed E-state index contributed by atoms with van der Waals surface area (Å²) in [6.45, 7) is 3.93. The minimum Gasteiger partial charge on any atom is -0.340 e. The number of rotatable bonds is 8. The molecule has 0 saturated heterocycles. The van der Waals surface area contributed by atoms with E-state index >= 15 is 0 Å². The summed E-state index contributed by atoms with van der Waals surface area (Å²) in [7, 11) is -3.53. The Morgan fingerprint density at radius 3 is 2.39 bits per heavy atom. The fourth-order valence-electron chi connectivity index (χ4n) is 2.89. The zero-order valence-corrected chi connectivity index (χ0v) is 16.7. The highest BCUT2D eigenvalue weighted by Crippen LogP contribution is 2.38. The minimum absolute atomic E-state index is 0.0368. The van der Waals surface area contributed by atoms with Crippen LogP contribution in [0.3, 0.4) is 0 Å². The SMILES string of the molecule is CC(C)C(NC(=O)c1ccc(S(=O)(=O)NC2CC2)cc1)c1nc(C2CC2)no1. The molecule has 9 heteroatoms. The highest BCUT2D eigenvalue weighted by molar-refractivity contribution is 7.89. The van der Waals surface area contributed by atoms with Gasteiger partial charge >= 0.3 is 0 Å². The molecule has 1 unspecified atom stereocenters. The van der Waals surface area contributed by atoms with E-state index in [0.717, 1.165) is 25.7 Å². The second kappa shape index (κ2) is 7.29. The zero-order chi connectivity index (χ0) is 19.9. The van der Waals surface area contributed by atoms with Crippen LogP contribution in [0.2, 0.25) is 0 Å². The first-order valence-electron chi connectivity index (χ1n) is 9.60. The fraction of sp³-hybridized carbons (Fsp3) is 0.526. The summed E-state index contributed by atoms with van der Waals surface area (Å²) in [5.74, 6) is 1.22. The average molecular weight is 404 g/mol. The lowest BCUT2D eigenvalue weighted by Gasteiger charge is -2.18. The molecule has 1 aromatic heterocycles. The van der Waals surface area contributed by atoms with Crippen LogP contribution >= 0.6 is 0 Å². The molecule has 0 aliphatic heterocycles. The van der Waals surface area contributed by atoms with Gasteiger partial charge in [0.05, 0.1) is 4.90 Å². The molecule has 8 nitrogen and oxygen atoms in total. The van der Waals surface area contributed by atoms with Crippen LogP contribution in [0.4, 0.5) is 0 Å². The van der Waals surface area contributed by atoms with Crippen LogP contribution in [0.5, 0.6) is 0 Å². The first-order valence-corrected chi connectivity index (χ1v) is 11.1. The number of nitrogens with one attached hydrogen (secondary N) is 2. The first-order chi connectivity index (χ1) is 13.3. The van der Waals surface area contributed by atoms with Gasteiger partial charge in [-0.15, -0.1) is 0 Å². The van der Waals surface area contributed by atoms with Crippen molar-refractivity contribution in [3.63, 3.8) is 0 Å². The van der Waals surface area contributed by atoms with Crippen LogP contribution in [0.1, 0.15) is 73.6 Å². The van der Waals surface area contributed by atoms with Crippen LogP contribution in [0.25, 0.3) is 0 Å². The smallest absolute Gasteiger partial charge is 0.251 e. The molecule has 28 heavy (non-hydrogen) atoms. The highest BCUT2D eigenvalue weighted by atomic mass is 32.2. The Morgan fingerprint density at radius 2 is 1.82 bits per heavy atom. The van der Waals surface area contributed by atoms with Crippen LogP contribution in [-0.4, -0.2) is 30.5 Å². The molecule has 1 aromatic carbocycles. The van der Waals surface area contributed by atoms with Crippen molar-refractivity contribution in [2.45, 2.75) is 62.4 Å². The van der Waals surface area contributed by atoms with E-state index in [9.17, 15) is 13.2 Å². The maximum absolute atomic E-state index is 12.7. The van der Waals surface area contributed by atoms with Gasteiger partial charge in [-0.3, -0.25) is 4.79 Å². The fourth-order valence-corrected chi connectivity index (χ4v) is 4.20. The summed E-state index contributed by atoms with van der Waals surface area (Å²) in [5, 5.41) is 6.94. The molecule has 0 radical (unpaired) electrons. The van der Waals surface area contributed by atoms with Gasteiger partial charge < -0.3 is 9.84 Å². The van der Waals surface area contributed by atoms with Crippen LogP contribution < -0.4 is 10.0 Å². The molecule has 1 amide bonds. The Bertz CT molecular complexity index is 960. The summed E-state index contributed by atoms with van der Waals surface area (Å²) < 4.78 is 32.5. The number of aromatic nitrogens is 2. The lowest BCUT2D eigenvalue weighted by molar-refractivity contribution is 0.0914. The number of sulfonamides is 1. The van der Waals surface area contributed by atoms with Crippen molar-refractivity contribution < 1.29 is 17.7 Å². The quantitative estimate of drug-likeness (QED) is 0.699. The van der Waals surface area contributed by atoms with Gasteiger partial charge in [0.15, 0.2) is 5.82 Å². The Hall–Kier alpha value is -2.26. The van der Waals surface area contributed by atoms with Crippen molar-refractivity contribution in [3.05, 3.63) is 41.5 Å². The Labute approximate surface area is 164 Å². The molecule has 2 aromatic rings. The zero-order valence-electron chi connectivity index (χ0n) is 15.9. The van der Waals surface area contributed by atoms with Crippen LogP contribution in [-0.2, 0) is 10.0 Å². The molecule has 1 heterocycles. The third kappa shape index (κ3) is 4.25. The Morgan fingerprint density at radius 1 is 1.14 bits per heavy atom.